The van der Waals surface area contributed by atoms with E-state index in [-0.39, 0.29) is 0 Å². The van der Waals surface area contributed by atoms with E-state index in [9.17, 15) is 0 Å². The fourth-order valence-electron chi connectivity index (χ4n) is 3.38. The summed E-state index contributed by atoms with van der Waals surface area (Å²) < 4.78 is 0. The van der Waals surface area contributed by atoms with Crippen LogP contribution in [-0.2, 0) is 0 Å². The molecule has 1 saturated carbocycles. The van der Waals surface area contributed by atoms with Crippen molar-refractivity contribution in [2.24, 2.45) is 5.92 Å². The Hall–Kier alpha value is -1.12. The Labute approximate surface area is 116 Å². The SMILES string of the molecule is CCCC(C)C1CCCN1c1ccnc(C2CC2)n1. The maximum atomic E-state index is 4.82. The van der Waals surface area contributed by atoms with E-state index >= 15 is 0 Å². The molecule has 0 radical (unpaired) electrons. The number of anilines is 1. The third kappa shape index (κ3) is 2.75. The summed E-state index contributed by atoms with van der Waals surface area (Å²) >= 11 is 0. The Morgan fingerprint density at radius 2 is 2.21 bits per heavy atom. The van der Waals surface area contributed by atoms with Crippen LogP contribution in [0, 0.1) is 5.92 Å². The summed E-state index contributed by atoms with van der Waals surface area (Å²) in [5, 5.41) is 0. The highest BCUT2D eigenvalue weighted by Crippen LogP contribution is 2.39. The van der Waals surface area contributed by atoms with E-state index in [1.165, 1.54) is 50.9 Å². The number of hydrogen-bond donors (Lipinski definition) is 0. The first-order valence-corrected chi connectivity index (χ1v) is 7.89. The Bertz CT molecular complexity index is 428. The zero-order valence-corrected chi connectivity index (χ0v) is 12.2. The average Bonchev–Trinajstić information content (AvgIpc) is 3.16. The van der Waals surface area contributed by atoms with E-state index in [0.29, 0.717) is 12.0 Å². The predicted octanol–water partition coefficient (Wildman–Crippen LogP) is 3.76. The number of aromatic nitrogens is 2. The molecule has 3 heteroatoms. The normalized spacial score (nSPS) is 24.7. The van der Waals surface area contributed by atoms with Gasteiger partial charge in [0, 0.05) is 24.7 Å². The molecule has 1 saturated heterocycles. The van der Waals surface area contributed by atoms with Gasteiger partial charge in [-0.2, -0.15) is 0 Å². The topological polar surface area (TPSA) is 29.0 Å². The standard InChI is InChI=1S/C16H25N3/c1-3-5-12(2)14-6-4-11-19(14)15-9-10-17-16(18-15)13-7-8-13/h9-10,12-14H,3-8,11H2,1-2H3. The Morgan fingerprint density at radius 1 is 1.37 bits per heavy atom. The van der Waals surface area contributed by atoms with Gasteiger partial charge in [0.1, 0.15) is 11.6 Å². The molecule has 1 aliphatic carbocycles. The van der Waals surface area contributed by atoms with Crippen molar-refractivity contribution >= 4 is 5.82 Å². The number of hydrogen-bond acceptors (Lipinski definition) is 3. The second-order valence-corrected chi connectivity index (χ2v) is 6.22. The van der Waals surface area contributed by atoms with Crippen LogP contribution in [0.15, 0.2) is 12.3 Å². The third-order valence-corrected chi connectivity index (χ3v) is 4.60. The Morgan fingerprint density at radius 3 is 2.95 bits per heavy atom. The summed E-state index contributed by atoms with van der Waals surface area (Å²) in [6, 6.07) is 2.78. The van der Waals surface area contributed by atoms with Gasteiger partial charge in [-0.1, -0.05) is 20.3 Å². The molecule has 1 aromatic rings. The van der Waals surface area contributed by atoms with Crippen molar-refractivity contribution in [3.8, 4) is 0 Å². The maximum Gasteiger partial charge on any atom is 0.133 e. The van der Waals surface area contributed by atoms with Gasteiger partial charge in [0.25, 0.3) is 0 Å². The van der Waals surface area contributed by atoms with Crippen LogP contribution in [0.25, 0.3) is 0 Å². The summed E-state index contributed by atoms with van der Waals surface area (Å²) in [4.78, 5) is 11.8. The van der Waals surface area contributed by atoms with Crippen LogP contribution in [0.2, 0.25) is 0 Å². The van der Waals surface area contributed by atoms with Gasteiger partial charge in [-0.05, 0) is 44.1 Å². The highest BCUT2D eigenvalue weighted by molar-refractivity contribution is 5.41. The lowest BCUT2D eigenvalue weighted by molar-refractivity contribution is 0.419. The number of rotatable bonds is 5. The zero-order valence-electron chi connectivity index (χ0n) is 12.2. The van der Waals surface area contributed by atoms with Crippen molar-refractivity contribution in [2.45, 2.75) is 64.3 Å². The third-order valence-electron chi connectivity index (χ3n) is 4.60. The molecular weight excluding hydrogens is 234 g/mol. The summed E-state index contributed by atoms with van der Waals surface area (Å²) in [7, 11) is 0. The van der Waals surface area contributed by atoms with Crippen LogP contribution in [0.5, 0.6) is 0 Å². The van der Waals surface area contributed by atoms with Crippen molar-refractivity contribution < 1.29 is 0 Å². The summed E-state index contributed by atoms with van der Waals surface area (Å²) in [5.74, 6) is 3.66. The molecule has 104 valence electrons. The fraction of sp³-hybridized carbons (Fsp3) is 0.750. The van der Waals surface area contributed by atoms with E-state index in [0.717, 1.165) is 11.7 Å². The minimum Gasteiger partial charge on any atom is -0.353 e. The molecule has 0 spiro atoms. The second kappa shape index (κ2) is 5.48. The molecule has 2 unspecified atom stereocenters. The zero-order chi connectivity index (χ0) is 13.2. The molecule has 0 aromatic carbocycles. The van der Waals surface area contributed by atoms with Crippen LogP contribution in [0.3, 0.4) is 0 Å². The van der Waals surface area contributed by atoms with Crippen LogP contribution in [0.1, 0.15) is 64.1 Å². The van der Waals surface area contributed by atoms with E-state index in [1.54, 1.807) is 0 Å². The van der Waals surface area contributed by atoms with Gasteiger partial charge >= 0.3 is 0 Å². The van der Waals surface area contributed by atoms with Gasteiger partial charge < -0.3 is 4.90 Å². The molecule has 3 nitrogen and oxygen atoms in total. The molecule has 2 aliphatic rings. The van der Waals surface area contributed by atoms with Gasteiger partial charge in [-0.15, -0.1) is 0 Å². The average molecular weight is 259 g/mol. The van der Waals surface area contributed by atoms with Crippen LogP contribution in [-0.4, -0.2) is 22.6 Å². The highest BCUT2D eigenvalue weighted by Gasteiger charge is 2.31. The lowest BCUT2D eigenvalue weighted by Gasteiger charge is -2.30. The van der Waals surface area contributed by atoms with Gasteiger partial charge in [-0.25, -0.2) is 9.97 Å². The first-order valence-electron chi connectivity index (χ1n) is 7.89. The summed E-state index contributed by atoms with van der Waals surface area (Å²) in [5.41, 5.74) is 0. The van der Waals surface area contributed by atoms with E-state index in [1.807, 2.05) is 6.20 Å². The van der Waals surface area contributed by atoms with Crippen LogP contribution < -0.4 is 4.90 Å². The quantitative estimate of drug-likeness (QED) is 0.806. The Balaban J connectivity index is 1.77. The lowest BCUT2D eigenvalue weighted by Crippen LogP contribution is -2.35. The largest absolute Gasteiger partial charge is 0.353 e. The molecular formula is C16H25N3. The molecule has 2 heterocycles. The Kier molecular flexibility index (Phi) is 3.72. The van der Waals surface area contributed by atoms with Crippen molar-refractivity contribution in [2.75, 3.05) is 11.4 Å². The molecule has 1 aromatic heterocycles. The monoisotopic (exact) mass is 259 g/mol. The van der Waals surface area contributed by atoms with Crippen molar-refractivity contribution in [3.63, 3.8) is 0 Å². The second-order valence-electron chi connectivity index (χ2n) is 6.22. The highest BCUT2D eigenvalue weighted by atomic mass is 15.2. The van der Waals surface area contributed by atoms with E-state index < -0.39 is 0 Å². The van der Waals surface area contributed by atoms with Crippen molar-refractivity contribution in [3.05, 3.63) is 18.1 Å². The van der Waals surface area contributed by atoms with Gasteiger partial charge in [0.15, 0.2) is 0 Å². The molecule has 19 heavy (non-hydrogen) atoms. The van der Waals surface area contributed by atoms with Gasteiger partial charge in [0.2, 0.25) is 0 Å². The van der Waals surface area contributed by atoms with Crippen LogP contribution >= 0.6 is 0 Å². The molecule has 0 bridgehead atoms. The van der Waals surface area contributed by atoms with E-state index in [2.05, 4.69) is 29.8 Å². The molecule has 0 N–H and O–H groups in total. The smallest absolute Gasteiger partial charge is 0.133 e. The minimum absolute atomic E-state index is 0.647. The summed E-state index contributed by atoms with van der Waals surface area (Å²) in [6.45, 7) is 5.85. The van der Waals surface area contributed by atoms with E-state index in [4.69, 9.17) is 4.98 Å². The summed E-state index contributed by atoms with van der Waals surface area (Å²) in [6.07, 6.45) is 9.74. The fourth-order valence-corrected chi connectivity index (χ4v) is 3.38. The minimum atomic E-state index is 0.647. The van der Waals surface area contributed by atoms with Gasteiger partial charge in [0.05, 0.1) is 0 Å². The molecule has 2 atom stereocenters. The molecule has 3 rings (SSSR count). The predicted molar refractivity (Wildman–Crippen MR) is 78.4 cm³/mol. The number of nitrogens with zero attached hydrogens (tertiary/aromatic N) is 3. The van der Waals surface area contributed by atoms with Crippen molar-refractivity contribution in [1.29, 1.82) is 0 Å². The molecule has 2 fully saturated rings. The molecule has 1 aliphatic heterocycles. The van der Waals surface area contributed by atoms with Crippen molar-refractivity contribution in [1.82, 2.24) is 9.97 Å². The molecule has 0 amide bonds. The lowest BCUT2D eigenvalue weighted by atomic mass is 9.95. The van der Waals surface area contributed by atoms with Crippen LogP contribution in [0.4, 0.5) is 5.82 Å². The first kappa shape index (κ1) is 12.9. The van der Waals surface area contributed by atoms with Gasteiger partial charge in [-0.3, -0.25) is 0 Å². The first-order chi connectivity index (χ1) is 9.29. The maximum absolute atomic E-state index is 4.82.